The van der Waals surface area contributed by atoms with E-state index in [0.717, 1.165) is 0 Å². The minimum Gasteiger partial charge on any atom is -0.341 e. The van der Waals surface area contributed by atoms with Gasteiger partial charge in [-0.2, -0.15) is 0 Å². The number of H-pyrrole nitrogens is 1. The van der Waals surface area contributed by atoms with Crippen molar-refractivity contribution < 1.29 is 4.79 Å². The van der Waals surface area contributed by atoms with Crippen LogP contribution >= 0.6 is 0 Å². The van der Waals surface area contributed by atoms with Gasteiger partial charge in [-0.3, -0.25) is 9.78 Å². The van der Waals surface area contributed by atoms with Gasteiger partial charge in [0, 0.05) is 18.6 Å². The Morgan fingerprint density at radius 1 is 1.43 bits per heavy atom. The summed E-state index contributed by atoms with van der Waals surface area (Å²) in [6.07, 6.45) is 6.33. The maximum absolute atomic E-state index is 11.4. The molecule has 0 atom stereocenters. The third-order valence-corrected chi connectivity index (χ3v) is 1.63. The number of anilines is 1. The molecule has 2 rings (SSSR count). The number of aromatic amines is 1. The Balaban J connectivity index is 2.10. The van der Waals surface area contributed by atoms with E-state index in [9.17, 15) is 4.79 Å². The molecule has 1 amide bonds. The molecule has 2 aromatic rings. The number of amides is 1. The highest BCUT2D eigenvalue weighted by Gasteiger charge is 2.06. The summed E-state index contributed by atoms with van der Waals surface area (Å²) >= 11 is 0. The molecule has 70 valence electrons. The Labute approximate surface area is 80.2 Å². The Bertz CT molecular complexity index is 410. The lowest BCUT2D eigenvalue weighted by Crippen LogP contribution is -2.13. The lowest BCUT2D eigenvalue weighted by Gasteiger charge is -2.00. The van der Waals surface area contributed by atoms with Gasteiger partial charge in [0.05, 0.1) is 11.9 Å². The first kappa shape index (κ1) is 8.43. The number of carbonyl (C=O) groups is 1. The summed E-state index contributed by atoms with van der Waals surface area (Å²) in [5.74, 6) is 0.0110. The summed E-state index contributed by atoms with van der Waals surface area (Å²) in [6.45, 7) is 0. The largest absolute Gasteiger partial charge is 0.341 e. The Kier molecular flexibility index (Phi) is 2.22. The molecule has 2 aromatic heterocycles. The number of nitrogens with zero attached hydrogens (tertiary/aromatic N) is 2. The van der Waals surface area contributed by atoms with E-state index in [2.05, 4.69) is 20.3 Å². The van der Waals surface area contributed by atoms with Crippen LogP contribution in [0.5, 0.6) is 0 Å². The normalized spacial score (nSPS) is 9.71. The van der Waals surface area contributed by atoms with Crippen molar-refractivity contribution >= 4 is 11.6 Å². The van der Waals surface area contributed by atoms with Gasteiger partial charge in [-0.15, -0.1) is 0 Å². The van der Waals surface area contributed by atoms with E-state index in [1.807, 2.05) is 0 Å². The topological polar surface area (TPSA) is 70.7 Å². The Morgan fingerprint density at radius 3 is 3.00 bits per heavy atom. The fourth-order valence-electron chi connectivity index (χ4n) is 1.02. The summed E-state index contributed by atoms with van der Waals surface area (Å²) in [6, 6.07) is 3.51. The molecule has 14 heavy (non-hydrogen) atoms. The summed E-state index contributed by atoms with van der Waals surface area (Å²) < 4.78 is 0. The van der Waals surface area contributed by atoms with Gasteiger partial charge in [0.15, 0.2) is 5.82 Å². The Morgan fingerprint density at radius 2 is 2.36 bits per heavy atom. The predicted octanol–water partition coefficient (Wildman–Crippen LogP) is 1.06. The number of imidazole rings is 1. The van der Waals surface area contributed by atoms with E-state index < -0.39 is 0 Å². The molecule has 0 unspecified atom stereocenters. The number of hydrogen-bond acceptors (Lipinski definition) is 3. The highest BCUT2D eigenvalue weighted by molar-refractivity contribution is 6.01. The Hall–Kier alpha value is -2.17. The summed E-state index contributed by atoms with van der Waals surface area (Å²) in [7, 11) is 0. The highest BCUT2D eigenvalue weighted by Crippen LogP contribution is 2.03. The predicted molar refractivity (Wildman–Crippen MR) is 50.8 cm³/mol. The summed E-state index contributed by atoms with van der Waals surface area (Å²) in [5.41, 5.74) is 0.647. The zero-order valence-corrected chi connectivity index (χ0v) is 7.27. The van der Waals surface area contributed by atoms with Crippen molar-refractivity contribution in [3.63, 3.8) is 0 Å². The van der Waals surface area contributed by atoms with Crippen molar-refractivity contribution in [2.75, 3.05) is 5.32 Å². The van der Waals surface area contributed by atoms with Crippen molar-refractivity contribution in [2.24, 2.45) is 0 Å². The van der Waals surface area contributed by atoms with E-state index in [1.165, 1.54) is 6.20 Å². The number of hydrogen-bond donors (Lipinski definition) is 2. The van der Waals surface area contributed by atoms with Crippen LogP contribution in [-0.4, -0.2) is 20.9 Å². The van der Waals surface area contributed by atoms with E-state index >= 15 is 0 Å². The maximum Gasteiger partial charge on any atom is 0.291 e. The van der Waals surface area contributed by atoms with E-state index in [4.69, 9.17) is 0 Å². The summed E-state index contributed by atoms with van der Waals surface area (Å²) in [5, 5.41) is 2.65. The fourth-order valence-corrected chi connectivity index (χ4v) is 1.02. The van der Waals surface area contributed by atoms with Crippen LogP contribution in [0.1, 0.15) is 10.6 Å². The van der Waals surface area contributed by atoms with E-state index in [-0.39, 0.29) is 11.7 Å². The quantitative estimate of drug-likeness (QED) is 0.740. The lowest BCUT2D eigenvalue weighted by atomic mass is 10.4. The molecule has 2 N–H and O–H groups in total. The second kappa shape index (κ2) is 3.69. The highest BCUT2D eigenvalue weighted by atomic mass is 16.2. The van der Waals surface area contributed by atoms with Crippen molar-refractivity contribution in [1.82, 2.24) is 15.0 Å². The minimum absolute atomic E-state index is 0.275. The zero-order chi connectivity index (χ0) is 9.80. The van der Waals surface area contributed by atoms with Crippen LogP contribution in [0.25, 0.3) is 0 Å². The molecular formula is C9H8N4O. The fraction of sp³-hybridized carbons (Fsp3) is 0. The molecular weight excluding hydrogens is 180 g/mol. The third kappa shape index (κ3) is 1.77. The average Bonchev–Trinajstić information content (AvgIpc) is 2.72. The lowest BCUT2D eigenvalue weighted by molar-refractivity contribution is 0.101. The van der Waals surface area contributed by atoms with Gasteiger partial charge < -0.3 is 10.3 Å². The number of carbonyl (C=O) groups excluding carboxylic acids is 1. The smallest absolute Gasteiger partial charge is 0.291 e. The third-order valence-electron chi connectivity index (χ3n) is 1.63. The first-order chi connectivity index (χ1) is 6.86. The molecule has 0 aliphatic rings. The monoisotopic (exact) mass is 188 g/mol. The van der Waals surface area contributed by atoms with Gasteiger partial charge in [-0.25, -0.2) is 4.98 Å². The molecule has 0 aliphatic heterocycles. The summed E-state index contributed by atoms with van der Waals surface area (Å²) in [4.78, 5) is 21.9. The van der Waals surface area contributed by atoms with Gasteiger partial charge in [0.25, 0.3) is 5.91 Å². The second-order valence-electron chi connectivity index (χ2n) is 2.63. The van der Waals surface area contributed by atoms with Crippen LogP contribution < -0.4 is 5.32 Å². The van der Waals surface area contributed by atoms with Crippen LogP contribution in [-0.2, 0) is 0 Å². The van der Waals surface area contributed by atoms with Crippen LogP contribution in [0.3, 0.4) is 0 Å². The maximum atomic E-state index is 11.4. The van der Waals surface area contributed by atoms with Crippen LogP contribution in [0, 0.1) is 0 Å². The molecule has 0 bridgehead atoms. The molecule has 0 spiro atoms. The van der Waals surface area contributed by atoms with Crippen molar-refractivity contribution in [1.29, 1.82) is 0 Å². The van der Waals surface area contributed by atoms with Crippen molar-refractivity contribution in [3.8, 4) is 0 Å². The molecule has 0 aromatic carbocycles. The minimum atomic E-state index is -0.275. The van der Waals surface area contributed by atoms with Crippen LogP contribution in [0.4, 0.5) is 5.69 Å². The van der Waals surface area contributed by atoms with Crippen LogP contribution in [0.2, 0.25) is 0 Å². The number of rotatable bonds is 2. The molecule has 5 nitrogen and oxygen atoms in total. The van der Waals surface area contributed by atoms with Gasteiger partial charge in [0.1, 0.15) is 0 Å². The average molecular weight is 188 g/mol. The first-order valence-electron chi connectivity index (χ1n) is 4.07. The standard InChI is InChI=1S/C9H8N4O/c14-9(8-11-4-5-12-8)13-7-2-1-3-10-6-7/h1-6H,(H,11,12)(H,13,14). The van der Waals surface area contributed by atoms with Crippen molar-refractivity contribution in [3.05, 3.63) is 42.7 Å². The van der Waals surface area contributed by atoms with Crippen molar-refractivity contribution in [2.45, 2.75) is 0 Å². The molecule has 5 heteroatoms. The van der Waals surface area contributed by atoms with E-state index in [1.54, 1.807) is 30.7 Å². The van der Waals surface area contributed by atoms with E-state index in [0.29, 0.717) is 5.69 Å². The molecule has 0 radical (unpaired) electrons. The van der Waals surface area contributed by atoms with Gasteiger partial charge >= 0.3 is 0 Å². The van der Waals surface area contributed by atoms with Gasteiger partial charge in [0.2, 0.25) is 0 Å². The molecule has 0 fully saturated rings. The number of pyridine rings is 1. The second-order valence-corrected chi connectivity index (χ2v) is 2.63. The number of nitrogens with one attached hydrogen (secondary N) is 2. The van der Waals surface area contributed by atoms with Crippen LogP contribution in [0.15, 0.2) is 36.9 Å². The molecule has 0 saturated carbocycles. The molecule has 2 heterocycles. The first-order valence-corrected chi connectivity index (χ1v) is 4.07. The molecule has 0 saturated heterocycles. The van der Waals surface area contributed by atoms with Gasteiger partial charge in [-0.1, -0.05) is 0 Å². The molecule has 0 aliphatic carbocycles. The number of aromatic nitrogens is 3. The van der Waals surface area contributed by atoms with Gasteiger partial charge in [-0.05, 0) is 12.1 Å². The zero-order valence-electron chi connectivity index (χ0n) is 7.27. The SMILES string of the molecule is O=C(Nc1cccnc1)c1ncc[nH]1.